The van der Waals surface area contributed by atoms with Gasteiger partial charge in [0.15, 0.2) is 5.16 Å². The van der Waals surface area contributed by atoms with Gasteiger partial charge >= 0.3 is 0 Å². The van der Waals surface area contributed by atoms with Crippen molar-refractivity contribution in [1.29, 1.82) is 0 Å². The van der Waals surface area contributed by atoms with E-state index in [0.29, 0.717) is 0 Å². The van der Waals surface area contributed by atoms with Gasteiger partial charge in [0.05, 0.1) is 10.9 Å². The minimum Gasteiger partial charge on any atom is -0.287 e. The number of rotatable bonds is 6. The molecule has 2 rings (SSSR count). The van der Waals surface area contributed by atoms with Crippen LogP contribution in [0.15, 0.2) is 34.2 Å². The minimum absolute atomic E-state index is 0.0950. The average molecular weight is 276 g/mol. The van der Waals surface area contributed by atoms with Crippen LogP contribution in [0.4, 0.5) is 0 Å². The first-order chi connectivity index (χ1) is 9.27. The Morgan fingerprint density at radius 3 is 2.74 bits per heavy atom. The second-order valence-electron chi connectivity index (χ2n) is 4.51. The van der Waals surface area contributed by atoms with E-state index in [0.717, 1.165) is 47.6 Å². The number of fused-ring (bicyclic) bond motifs is 1. The van der Waals surface area contributed by atoms with Gasteiger partial charge in [0.25, 0.3) is 5.56 Å². The quantitative estimate of drug-likeness (QED) is 0.458. The lowest BCUT2D eigenvalue weighted by atomic mass is 10.2. The summed E-state index contributed by atoms with van der Waals surface area (Å²) < 4.78 is 1.84. The van der Waals surface area contributed by atoms with Crippen molar-refractivity contribution in [3.8, 4) is 0 Å². The second kappa shape index (κ2) is 6.75. The third-order valence-corrected chi connectivity index (χ3v) is 3.94. The molecule has 3 nitrogen and oxygen atoms in total. The molecule has 19 heavy (non-hydrogen) atoms. The molecule has 0 amide bonds. The SMILES string of the molecule is CCCCCn1c(SCC)nc2ccccc2c1=O. The maximum atomic E-state index is 12.5. The molecule has 4 heteroatoms. The van der Waals surface area contributed by atoms with Crippen LogP contribution in [0.5, 0.6) is 0 Å². The predicted molar refractivity (Wildman–Crippen MR) is 81.9 cm³/mol. The summed E-state index contributed by atoms with van der Waals surface area (Å²) in [4.78, 5) is 17.2. The molecule has 0 aliphatic heterocycles. The molecule has 1 aromatic heterocycles. The summed E-state index contributed by atoms with van der Waals surface area (Å²) in [5.41, 5.74) is 0.896. The Kier molecular flexibility index (Phi) is 5.02. The van der Waals surface area contributed by atoms with Crippen molar-refractivity contribution in [1.82, 2.24) is 9.55 Å². The lowest BCUT2D eigenvalue weighted by Gasteiger charge is -2.12. The fourth-order valence-electron chi connectivity index (χ4n) is 2.10. The third-order valence-electron chi connectivity index (χ3n) is 3.09. The number of hydrogen-bond acceptors (Lipinski definition) is 3. The zero-order valence-electron chi connectivity index (χ0n) is 11.6. The van der Waals surface area contributed by atoms with Crippen LogP contribution in [-0.4, -0.2) is 15.3 Å². The molecule has 0 N–H and O–H groups in total. The number of hydrogen-bond donors (Lipinski definition) is 0. The van der Waals surface area contributed by atoms with E-state index in [-0.39, 0.29) is 5.56 Å². The van der Waals surface area contributed by atoms with E-state index in [1.165, 1.54) is 0 Å². The molecule has 0 aliphatic rings. The van der Waals surface area contributed by atoms with E-state index in [9.17, 15) is 4.79 Å². The van der Waals surface area contributed by atoms with Gasteiger partial charge in [-0.15, -0.1) is 0 Å². The number of benzene rings is 1. The van der Waals surface area contributed by atoms with E-state index in [1.807, 2.05) is 28.8 Å². The van der Waals surface area contributed by atoms with Gasteiger partial charge in [-0.25, -0.2) is 4.98 Å². The first-order valence-electron chi connectivity index (χ1n) is 6.90. The van der Waals surface area contributed by atoms with Crippen molar-refractivity contribution in [3.05, 3.63) is 34.6 Å². The molecule has 2 aromatic rings. The molecule has 0 atom stereocenters. The second-order valence-corrected chi connectivity index (χ2v) is 5.74. The van der Waals surface area contributed by atoms with Gasteiger partial charge in [0.2, 0.25) is 0 Å². The molecule has 0 bridgehead atoms. The number of para-hydroxylation sites is 1. The normalized spacial score (nSPS) is 11.1. The Bertz CT molecular complexity index is 607. The van der Waals surface area contributed by atoms with Crippen LogP contribution in [-0.2, 0) is 6.54 Å². The van der Waals surface area contributed by atoms with Gasteiger partial charge in [0.1, 0.15) is 0 Å². The molecule has 1 aromatic carbocycles. The van der Waals surface area contributed by atoms with E-state index < -0.39 is 0 Å². The van der Waals surface area contributed by atoms with Gasteiger partial charge in [0, 0.05) is 6.54 Å². The number of unbranched alkanes of at least 4 members (excludes halogenated alkanes) is 2. The summed E-state index contributed by atoms with van der Waals surface area (Å²) in [7, 11) is 0. The van der Waals surface area contributed by atoms with Crippen molar-refractivity contribution in [2.24, 2.45) is 0 Å². The summed E-state index contributed by atoms with van der Waals surface area (Å²) in [5.74, 6) is 0.929. The fourth-order valence-corrected chi connectivity index (χ4v) is 2.86. The largest absolute Gasteiger partial charge is 0.287 e. The van der Waals surface area contributed by atoms with Crippen LogP contribution in [0.2, 0.25) is 0 Å². The molecular formula is C15H20N2OS. The molecule has 0 fully saturated rings. The number of nitrogens with zero attached hydrogens (tertiary/aromatic N) is 2. The first kappa shape index (κ1) is 14.1. The van der Waals surface area contributed by atoms with Crippen LogP contribution in [0.1, 0.15) is 33.1 Å². The average Bonchev–Trinajstić information content (AvgIpc) is 2.43. The lowest BCUT2D eigenvalue weighted by molar-refractivity contribution is 0.542. The lowest BCUT2D eigenvalue weighted by Crippen LogP contribution is -2.23. The number of aromatic nitrogens is 2. The maximum Gasteiger partial charge on any atom is 0.262 e. The van der Waals surface area contributed by atoms with Crippen LogP contribution in [0.3, 0.4) is 0 Å². The van der Waals surface area contributed by atoms with Gasteiger partial charge < -0.3 is 0 Å². The molecule has 0 unspecified atom stereocenters. The van der Waals surface area contributed by atoms with Crippen molar-refractivity contribution < 1.29 is 0 Å². The van der Waals surface area contributed by atoms with E-state index in [1.54, 1.807) is 11.8 Å². The zero-order valence-corrected chi connectivity index (χ0v) is 12.4. The molecule has 0 spiro atoms. The van der Waals surface area contributed by atoms with Crippen molar-refractivity contribution in [3.63, 3.8) is 0 Å². The summed E-state index contributed by atoms with van der Waals surface area (Å²) in [6.07, 6.45) is 3.34. The summed E-state index contributed by atoms with van der Waals surface area (Å²) in [6, 6.07) is 7.60. The highest BCUT2D eigenvalue weighted by molar-refractivity contribution is 7.99. The van der Waals surface area contributed by atoms with Crippen LogP contribution in [0.25, 0.3) is 10.9 Å². The Balaban J connectivity index is 2.48. The van der Waals surface area contributed by atoms with Crippen LogP contribution in [0, 0.1) is 0 Å². The van der Waals surface area contributed by atoms with Crippen LogP contribution >= 0.6 is 11.8 Å². The summed E-state index contributed by atoms with van der Waals surface area (Å²) >= 11 is 1.64. The third kappa shape index (κ3) is 3.18. The van der Waals surface area contributed by atoms with Crippen molar-refractivity contribution >= 4 is 22.7 Å². The van der Waals surface area contributed by atoms with Crippen LogP contribution < -0.4 is 5.56 Å². The standard InChI is InChI=1S/C15H20N2OS/c1-3-5-8-11-17-14(18)12-9-6-7-10-13(12)16-15(17)19-4-2/h6-7,9-10H,3-5,8,11H2,1-2H3. The highest BCUT2D eigenvalue weighted by atomic mass is 32.2. The van der Waals surface area contributed by atoms with E-state index in [4.69, 9.17) is 0 Å². The topological polar surface area (TPSA) is 34.9 Å². The fraction of sp³-hybridized carbons (Fsp3) is 0.467. The Labute approximate surface area is 118 Å². The highest BCUT2D eigenvalue weighted by Gasteiger charge is 2.10. The van der Waals surface area contributed by atoms with Crippen molar-refractivity contribution in [2.75, 3.05) is 5.75 Å². The van der Waals surface area contributed by atoms with E-state index >= 15 is 0 Å². The highest BCUT2D eigenvalue weighted by Crippen LogP contribution is 2.17. The Hall–Kier alpha value is -1.29. The zero-order chi connectivity index (χ0) is 13.7. The molecule has 1 heterocycles. The molecule has 102 valence electrons. The molecule has 0 radical (unpaired) electrons. The predicted octanol–water partition coefficient (Wildman–Crippen LogP) is 3.70. The Morgan fingerprint density at radius 1 is 1.21 bits per heavy atom. The minimum atomic E-state index is 0.0950. The van der Waals surface area contributed by atoms with E-state index in [2.05, 4.69) is 18.8 Å². The molecule has 0 aliphatic carbocycles. The maximum absolute atomic E-state index is 12.5. The monoisotopic (exact) mass is 276 g/mol. The molecule has 0 saturated heterocycles. The summed E-state index contributed by atoms with van der Waals surface area (Å²) in [6.45, 7) is 5.03. The smallest absolute Gasteiger partial charge is 0.262 e. The van der Waals surface area contributed by atoms with Gasteiger partial charge in [-0.2, -0.15) is 0 Å². The molecular weight excluding hydrogens is 256 g/mol. The van der Waals surface area contributed by atoms with Crippen molar-refractivity contribution in [2.45, 2.75) is 44.8 Å². The summed E-state index contributed by atoms with van der Waals surface area (Å²) in [5, 5.41) is 1.57. The Morgan fingerprint density at radius 2 is 2.00 bits per heavy atom. The first-order valence-corrected chi connectivity index (χ1v) is 7.88. The van der Waals surface area contributed by atoms with Gasteiger partial charge in [-0.1, -0.05) is 50.6 Å². The number of thioether (sulfide) groups is 1. The van der Waals surface area contributed by atoms with Gasteiger partial charge in [-0.05, 0) is 24.3 Å². The molecule has 0 saturated carbocycles. The van der Waals surface area contributed by atoms with Gasteiger partial charge in [-0.3, -0.25) is 9.36 Å².